The molecule has 0 aromatic rings. The predicted octanol–water partition coefficient (Wildman–Crippen LogP) is 7.78. The Bertz CT molecular complexity index is 428. The molecule has 28 heavy (non-hydrogen) atoms. The average Bonchev–Trinajstić information content (AvgIpc) is 3.34. The van der Waals surface area contributed by atoms with Gasteiger partial charge >= 0.3 is 0 Å². The molecule has 0 spiro atoms. The maximum absolute atomic E-state index is 12.1. The van der Waals surface area contributed by atoms with Crippen molar-refractivity contribution >= 4 is 14.3 Å². The van der Waals surface area contributed by atoms with Gasteiger partial charge in [0.15, 0.2) is 0 Å². The van der Waals surface area contributed by atoms with Gasteiger partial charge in [-0.3, -0.25) is 4.79 Å². The fourth-order valence-corrected chi connectivity index (χ4v) is 4.42. The molecule has 1 saturated heterocycles. The van der Waals surface area contributed by atoms with Crippen molar-refractivity contribution in [1.29, 1.82) is 0 Å². The molecule has 0 aromatic carbocycles. The molecule has 1 heterocycles. The van der Waals surface area contributed by atoms with Gasteiger partial charge in [0.2, 0.25) is 0 Å². The molecule has 3 nitrogen and oxygen atoms in total. The molecule has 0 amide bonds. The van der Waals surface area contributed by atoms with Crippen LogP contribution in [-0.4, -0.2) is 26.5 Å². The lowest BCUT2D eigenvalue weighted by molar-refractivity contribution is -0.135. The highest BCUT2D eigenvalue weighted by Crippen LogP contribution is 2.37. The normalized spacial score (nSPS) is 19.6. The lowest BCUT2D eigenvalue weighted by Crippen LogP contribution is -2.42. The third-order valence-corrected chi connectivity index (χ3v) is 10.9. The Labute approximate surface area is 176 Å². The zero-order chi connectivity index (χ0) is 21.0. The van der Waals surface area contributed by atoms with E-state index in [-0.39, 0.29) is 11.0 Å². The first-order chi connectivity index (χ1) is 13.2. The monoisotopic (exact) mass is 414 g/mol. The van der Waals surface area contributed by atoms with Gasteiger partial charge in [-0.1, -0.05) is 91.9 Å². The fourth-order valence-electron chi connectivity index (χ4n) is 3.45. The highest BCUT2D eigenvalue weighted by molar-refractivity contribution is 6.75. The van der Waals surface area contributed by atoms with E-state index in [2.05, 4.69) is 40.8 Å². The van der Waals surface area contributed by atoms with Gasteiger partial charge in [-0.25, -0.2) is 0 Å². The summed E-state index contributed by atoms with van der Waals surface area (Å²) in [6.45, 7) is 13.1. The van der Waals surface area contributed by atoms with Crippen molar-refractivity contribution in [2.45, 2.75) is 148 Å². The molecule has 1 fully saturated rings. The van der Waals surface area contributed by atoms with E-state index in [0.717, 1.165) is 12.8 Å². The maximum Gasteiger partial charge on any atom is 0.292 e. The Morgan fingerprint density at radius 1 is 0.821 bits per heavy atom. The Morgan fingerprint density at radius 2 is 1.29 bits per heavy atom. The van der Waals surface area contributed by atoms with Gasteiger partial charge in [0, 0.05) is 6.42 Å². The lowest BCUT2D eigenvalue weighted by Gasteiger charge is -2.35. The van der Waals surface area contributed by atoms with Crippen LogP contribution in [0.1, 0.15) is 118 Å². The first kappa shape index (κ1) is 25.7. The van der Waals surface area contributed by atoms with Gasteiger partial charge in [0.05, 0.1) is 12.2 Å². The molecule has 1 rings (SSSR count). The van der Waals surface area contributed by atoms with Crippen molar-refractivity contribution in [3.05, 3.63) is 0 Å². The van der Waals surface area contributed by atoms with Crippen LogP contribution < -0.4 is 0 Å². The highest BCUT2D eigenvalue weighted by Gasteiger charge is 2.40. The number of carbonyl (C=O) groups excluding carboxylic acids is 1. The molecule has 0 aliphatic carbocycles. The predicted molar refractivity (Wildman–Crippen MR) is 122 cm³/mol. The van der Waals surface area contributed by atoms with Gasteiger partial charge < -0.3 is 9.16 Å². The number of ether oxygens (including phenoxy) is 1. The number of epoxide rings is 1. The molecule has 1 aliphatic rings. The van der Waals surface area contributed by atoms with E-state index in [1.54, 1.807) is 0 Å². The summed E-state index contributed by atoms with van der Waals surface area (Å²) in [4.78, 5) is 12.1. The second-order valence-electron chi connectivity index (χ2n) is 10.3. The van der Waals surface area contributed by atoms with Crippen molar-refractivity contribution in [2.75, 3.05) is 0 Å². The summed E-state index contributed by atoms with van der Waals surface area (Å²) in [6.07, 6.45) is 18.3. The molecule has 0 aromatic heterocycles. The van der Waals surface area contributed by atoms with Gasteiger partial charge in [0.1, 0.15) is 0 Å². The second kappa shape index (κ2) is 13.1. The standard InChI is InChI=1S/C24H48O3Si/c1-7-8-9-10-12-15-18-21-22(26-21)19-16-13-11-14-17-20-23(25)27-28(5,6)24(2,3)4/h21-22H,7-20H2,1-6H3/t21-,22+/m1/s1/i26+2. The zero-order valence-electron chi connectivity index (χ0n) is 19.8. The van der Waals surface area contributed by atoms with Gasteiger partial charge in [-0.05, 0) is 37.4 Å². The van der Waals surface area contributed by atoms with Gasteiger partial charge in [0.25, 0.3) is 14.3 Å². The Kier molecular flexibility index (Phi) is 12.0. The quantitative estimate of drug-likeness (QED) is 0.112. The summed E-state index contributed by atoms with van der Waals surface area (Å²) < 4.78 is 11.6. The van der Waals surface area contributed by atoms with E-state index in [1.807, 2.05) is 0 Å². The van der Waals surface area contributed by atoms with Crippen LogP contribution in [0.2, 0.25) is 18.1 Å². The van der Waals surface area contributed by atoms with Crippen LogP contribution in [0.25, 0.3) is 0 Å². The largest absolute Gasteiger partial charge is 0.519 e. The topological polar surface area (TPSA) is 38.8 Å². The van der Waals surface area contributed by atoms with Crippen LogP contribution >= 0.6 is 0 Å². The summed E-state index contributed by atoms with van der Waals surface area (Å²) in [7, 11) is -1.94. The molecular formula is C24H48O3Si. The molecule has 4 heteroatoms. The average molecular weight is 415 g/mol. The molecule has 2 atom stereocenters. The molecule has 0 N–H and O–H groups in total. The van der Waals surface area contributed by atoms with E-state index in [0.29, 0.717) is 18.6 Å². The molecule has 0 bridgehead atoms. The van der Waals surface area contributed by atoms with E-state index in [4.69, 9.17) is 9.16 Å². The summed E-state index contributed by atoms with van der Waals surface area (Å²) in [5.41, 5.74) is 0. The highest BCUT2D eigenvalue weighted by atomic mass is 28.4. The SMILES string of the molecule is CCCCCCCC[C@H]1[18O][C@H]1CCCCCCCC(=O)O[Si](C)(C)C(C)(C)C. The van der Waals surface area contributed by atoms with E-state index >= 15 is 0 Å². The van der Waals surface area contributed by atoms with Crippen molar-refractivity contribution < 1.29 is 14.0 Å². The summed E-state index contributed by atoms with van der Waals surface area (Å²) in [5.74, 6) is 0.00973. The number of hydrogen-bond donors (Lipinski definition) is 0. The first-order valence-corrected chi connectivity index (χ1v) is 15.0. The molecular weight excluding hydrogens is 366 g/mol. The number of unbranched alkanes of at least 4 members (excludes halogenated alkanes) is 9. The van der Waals surface area contributed by atoms with E-state index < -0.39 is 8.32 Å². The van der Waals surface area contributed by atoms with Gasteiger partial charge in [-0.2, -0.15) is 0 Å². The smallest absolute Gasteiger partial charge is 0.292 e. The first-order valence-electron chi connectivity index (χ1n) is 12.0. The molecule has 0 unspecified atom stereocenters. The third kappa shape index (κ3) is 11.0. The molecule has 0 radical (unpaired) electrons. The maximum atomic E-state index is 12.1. The number of hydrogen-bond acceptors (Lipinski definition) is 3. The Balaban J connectivity index is 1.90. The van der Waals surface area contributed by atoms with Crippen LogP contribution in [0.3, 0.4) is 0 Å². The lowest BCUT2D eigenvalue weighted by atomic mass is 10.0. The van der Waals surface area contributed by atoms with Crippen LogP contribution in [0.5, 0.6) is 0 Å². The molecule has 0 saturated carbocycles. The van der Waals surface area contributed by atoms with Crippen molar-refractivity contribution in [2.24, 2.45) is 0 Å². The minimum absolute atomic E-state index is 0.00973. The third-order valence-electron chi connectivity index (χ3n) is 6.57. The van der Waals surface area contributed by atoms with Crippen LogP contribution in [0, 0.1) is 0 Å². The van der Waals surface area contributed by atoms with Crippen molar-refractivity contribution in [3.8, 4) is 0 Å². The minimum Gasteiger partial charge on any atom is -0.519 e. The fraction of sp³-hybridized carbons (Fsp3) is 0.958. The van der Waals surface area contributed by atoms with Crippen molar-refractivity contribution in [1.82, 2.24) is 0 Å². The molecule has 166 valence electrons. The second-order valence-corrected chi connectivity index (χ2v) is 15.0. The molecule has 1 aliphatic heterocycles. The number of rotatable bonds is 16. The summed E-state index contributed by atoms with van der Waals surface area (Å²) in [5, 5.41) is 0.0977. The Hall–Kier alpha value is -0.353. The summed E-state index contributed by atoms with van der Waals surface area (Å²) in [6, 6.07) is 0. The van der Waals surface area contributed by atoms with Crippen molar-refractivity contribution in [3.63, 3.8) is 0 Å². The Morgan fingerprint density at radius 3 is 1.79 bits per heavy atom. The van der Waals surface area contributed by atoms with Crippen LogP contribution in [-0.2, 0) is 14.0 Å². The van der Waals surface area contributed by atoms with Crippen LogP contribution in [0.15, 0.2) is 0 Å². The minimum atomic E-state index is -1.94. The summed E-state index contributed by atoms with van der Waals surface area (Å²) >= 11 is 0. The number of carbonyl (C=O) groups is 1. The van der Waals surface area contributed by atoms with E-state index in [1.165, 1.54) is 70.6 Å². The zero-order valence-corrected chi connectivity index (χ0v) is 20.8. The van der Waals surface area contributed by atoms with Gasteiger partial charge in [-0.15, -0.1) is 0 Å². The van der Waals surface area contributed by atoms with Crippen LogP contribution in [0.4, 0.5) is 0 Å². The van der Waals surface area contributed by atoms with E-state index in [9.17, 15) is 4.79 Å².